The first-order valence-corrected chi connectivity index (χ1v) is 7.97. The van der Waals surface area contributed by atoms with Gasteiger partial charge < -0.3 is 20.3 Å². The zero-order valence-corrected chi connectivity index (χ0v) is 12.3. The topological polar surface area (TPSA) is 87.5 Å². The number of hydrogen-bond donors (Lipinski definition) is 3. The minimum absolute atomic E-state index is 0.224. The van der Waals surface area contributed by atoms with Gasteiger partial charge in [-0.3, -0.25) is 0 Å². The molecule has 1 aromatic heterocycles. The van der Waals surface area contributed by atoms with Crippen molar-refractivity contribution in [1.82, 2.24) is 9.97 Å². The lowest BCUT2D eigenvalue weighted by Crippen LogP contribution is -2.31. The van der Waals surface area contributed by atoms with Gasteiger partial charge in [-0.2, -0.15) is 11.8 Å². The highest BCUT2D eigenvalue weighted by Gasteiger charge is 2.33. The van der Waals surface area contributed by atoms with Crippen molar-refractivity contribution in [2.75, 3.05) is 30.0 Å². The summed E-state index contributed by atoms with van der Waals surface area (Å²) in [6.45, 7) is 3.04. The number of aliphatic hydroxyl groups excluding tert-OH is 2. The van der Waals surface area contributed by atoms with Gasteiger partial charge in [-0.1, -0.05) is 6.92 Å². The zero-order valence-electron chi connectivity index (χ0n) is 11.5. The van der Waals surface area contributed by atoms with Gasteiger partial charge >= 0.3 is 0 Å². The zero-order chi connectivity index (χ0) is 14.4. The summed E-state index contributed by atoms with van der Waals surface area (Å²) in [6, 6.07) is 1.91. The number of anilines is 1. The van der Waals surface area contributed by atoms with Gasteiger partial charge in [0, 0.05) is 29.9 Å². The number of rotatable bonds is 7. The minimum atomic E-state index is -0.764. The maximum Gasteiger partial charge on any atom is 0.222 e. The molecule has 1 aliphatic heterocycles. The quantitative estimate of drug-likeness (QED) is 0.624. The Balaban J connectivity index is 1.62. The van der Waals surface area contributed by atoms with Gasteiger partial charge in [0.2, 0.25) is 5.95 Å². The van der Waals surface area contributed by atoms with Gasteiger partial charge in [-0.25, -0.2) is 9.97 Å². The van der Waals surface area contributed by atoms with Crippen LogP contribution in [0, 0.1) is 0 Å². The van der Waals surface area contributed by atoms with Gasteiger partial charge in [0.05, 0.1) is 12.7 Å². The number of aliphatic hydroxyl groups is 2. The largest absolute Gasteiger partial charge is 0.388 e. The maximum absolute atomic E-state index is 9.63. The molecule has 1 aliphatic rings. The molecule has 2 rings (SSSR count). The molecule has 20 heavy (non-hydrogen) atoms. The van der Waals surface area contributed by atoms with E-state index in [2.05, 4.69) is 22.2 Å². The number of nitrogens with one attached hydrogen (secondary N) is 1. The number of thioether (sulfide) groups is 1. The summed E-state index contributed by atoms with van der Waals surface area (Å²) in [5.74, 6) is 2.19. The van der Waals surface area contributed by atoms with Crippen LogP contribution in [0.4, 0.5) is 5.95 Å². The standard InChI is InChI=1S/C13H21N3O3S/c1-2-9-3-4-14-13(16-9)15-5-6-20-8-11-12(18)10(17)7-19-11/h3-4,10-12,17-18H,2,5-8H2,1H3,(H,14,15,16)/t10?,11-,12?/m0/s1. The molecular formula is C13H21N3O3S. The lowest BCUT2D eigenvalue weighted by molar-refractivity contribution is 0.0337. The molecule has 6 nitrogen and oxygen atoms in total. The molecule has 0 aromatic carbocycles. The van der Waals surface area contributed by atoms with Gasteiger partial charge in [0.15, 0.2) is 0 Å². The van der Waals surface area contributed by atoms with Crippen LogP contribution in [0.15, 0.2) is 12.3 Å². The minimum Gasteiger partial charge on any atom is -0.388 e. The molecule has 0 aliphatic carbocycles. The van der Waals surface area contributed by atoms with Crippen LogP contribution in [0.25, 0.3) is 0 Å². The molecule has 3 atom stereocenters. The Morgan fingerprint density at radius 2 is 2.35 bits per heavy atom. The van der Waals surface area contributed by atoms with E-state index < -0.39 is 12.2 Å². The highest BCUT2D eigenvalue weighted by Crippen LogP contribution is 2.18. The van der Waals surface area contributed by atoms with Crippen molar-refractivity contribution in [2.24, 2.45) is 0 Å². The van der Waals surface area contributed by atoms with Crippen molar-refractivity contribution in [1.29, 1.82) is 0 Å². The predicted octanol–water partition coefficient (Wildman–Crippen LogP) is 0.305. The van der Waals surface area contributed by atoms with Crippen LogP contribution < -0.4 is 5.32 Å². The number of aromatic nitrogens is 2. The summed E-state index contributed by atoms with van der Waals surface area (Å²) in [6.07, 6.45) is 0.870. The van der Waals surface area contributed by atoms with Crippen LogP contribution in [0.1, 0.15) is 12.6 Å². The van der Waals surface area contributed by atoms with Crippen molar-refractivity contribution < 1.29 is 14.9 Å². The molecule has 0 spiro atoms. The molecule has 2 unspecified atom stereocenters. The summed E-state index contributed by atoms with van der Waals surface area (Å²) in [4.78, 5) is 8.51. The van der Waals surface area contributed by atoms with E-state index in [4.69, 9.17) is 4.74 Å². The summed E-state index contributed by atoms with van der Waals surface area (Å²) in [7, 11) is 0. The van der Waals surface area contributed by atoms with Crippen LogP contribution >= 0.6 is 11.8 Å². The van der Waals surface area contributed by atoms with Crippen LogP contribution in [-0.2, 0) is 11.2 Å². The monoisotopic (exact) mass is 299 g/mol. The second kappa shape index (κ2) is 7.78. The Morgan fingerprint density at radius 1 is 1.50 bits per heavy atom. The molecule has 3 N–H and O–H groups in total. The van der Waals surface area contributed by atoms with Crippen molar-refractivity contribution in [3.8, 4) is 0 Å². The third-order valence-corrected chi connectivity index (χ3v) is 4.20. The second-order valence-electron chi connectivity index (χ2n) is 4.66. The molecule has 112 valence electrons. The molecule has 1 aromatic rings. The third-order valence-electron chi connectivity index (χ3n) is 3.14. The molecule has 0 bridgehead atoms. The smallest absolute Gasteiger partial charge is 0.222 e. The van der Waals surface area contributed by atoms with Crippen molar-refractivity contribution in [3.63, 3.8) is 0 Å². The molecule has 7 heteroatoms. The van der Waals surface area contributed by atoms with E-state index in [1.807, 2.05) is 6.07 Å². The molecule has 1 fully saturated rings. The van der Waals surface area contributed by atoms with E-state index >= 15 is 0 Å². The Morgan fingerprint density at radius 3 is 3.05 bits per heavy atom. The Labute approximate surface area is 123 Å². The van der Waals surface area contributed by atoms with Crippen LogP contribution in [0.5, 0.6) is 0 Å². The molecule has 0 amide bonds. The first kappa shape index (κ1) is 15.5. The van der Waals surface area contributed by atoms with Crippen molar-refractivity contribution in [3.05, 3.63) is 18.0 Å². The normalized spacial score (nSPS) is 25.9. The predicted molar refractivity (Wildman–Crippen MR) is 79.0 cm³/mol. The van der Waals surface area contributed by atoms with E-state index in [1.54, 1.807) is 18.0 Å². The Kier molecular flexibility index (Phi) is 6.03. The van der Waals surface area contributed by atoms with Crippen LogP contribution in [0.3, 0.4) is 0 Å². The number of hydrogen-bond acceptors (Lipinski definition) is 7. The summed E-state index contributed by atoms with van der Waals surface area (Å²) in [5.41, 5.74) is 1.02. The molecule has 2 heterocycles. The average Bonchev–Trinajstić information content (AvgIpc) is 2.79. The van der Waals surface area contributed by atoms with Crippen molar-refractivity contribution in [2.45, 2.75) is 31.7 Å². The molecular weight excluding hydrogens is 278 g/mol. The third kappa shape index (κ3) is 4.31. The van der Waals surface area contributed by atoms with E-state index in [0.717, 1.165) is 24.4 Å². The highest BCUT2D eigenvalue weighted by atomic mass is 32.2. The highest BCUT2D eigenvalue weighted by molar-refractivity contribution is 7.99. The van der Waals surface area contributed by atoms with Gasteiger partial charge in [0.25, 0.3) is 0 Å². The first-order valence-electron chi connectivity index (χ1n) is 6.82. The number of ether oxygens (including phenoxy) is 1. The van der Waals surface area contributed by atoms with E-state index in [-0.39, 0.29) is 12.7 Å². The van der Waals surface area contributed by atoms with E-state index in [1.165, 1.54) is 0 Å². The number of nitrogens with zero attached hydrogens (tertiary/aromatic N) is 2. The fourth-order valence-corrected chi connectivity index (χ4v) is 2.87. The van der Waals surface area contributed by atoms with Gasteiger partial charge in [-0.05, 0) is 12.5 Å². The molecule has 0 saturated carbocycles. The average molecular weight is 299 g/mol. The Bertz CT molecular complexity index is 422. The number of aryl methyl sites for hydroxylation is 1. The SMILES string of the molecule is CCc1ccnc(NCCSC[C@@H]2OCC(O)C2O)n1. The van der Waals surface area contributed by atoms with E-state index in [0.29, 0.717) is 11.7 Å². The summed E-state index contributed by atoms with van der Waals surface area (Å²) in [5, 5.41) is 22.2. The lowest BCUT2D eigenvalue weighted by atomic mass is 10.2. The summed E-state index contributed by atoms with van der Waals surface area (Å²) < 4.78 is 5.31. The van der Waals surface area contributed by atoms with Crippen molar-refractivity contribution >= 4 is 17.7 Å². The maximum atomic E-state index is 9.63. The fraction of sp³-hybridized carbons (Fsp3) is 0.692. The van der Waals surface area contributed by atoms with Crippen LogP contribution in [0.2, 0.25) is 0 Å². The van der Waals surface area contributed by atoms with Gasteiger partial charge in [-0.15, -0.1) is 0 Å². The molecule has 0 radical (unpaired) electrons. The molecule has 1 saturated heterocycles. The lowest BCUT2D eigenvalue weighted by Gasteiger charge is -2.14. The fourth-order valence-electron chi connectivity index (χ4n) is 1.93. The second-order valence-corrected chi connectivity index (χ2v) is 5.81. The first-order chi connectivity index (χ1) is 9.70. The van der Waals surface area contributed by atoms with Gasteiger partial charge in [0.1, 0.15) is 12.2 Å². The van der Waals surface area contributed by atoms with Crippen LogP contribution in [-0.4, -0.2) is 63.2 Å². The summed E-state index contributed by atoms with van der Waals surface area (Å²) >= 11 is 1.67. The van der Waals surface area contributed by atoms with E-state index in [9.17, 15) is 10.2 Å². The Hall–Kier alpha value is -0.890.